The van der Waals surface area contributed by atoms with Gasteiger partial charge in [0, 0.05) is 14.1 Å². The van der Waals surface area contributed by atoms with Crippen LogP contribution in [0.2, 0.25) is 0 Å². The Morgan fingerprint density at radius 2 is 1.25 bits per heavy atom. The molecule has 0 aromatic heterocycles. The minimum atomic E-state index is 0.556. The molecule has 0 aliphatic carbocycles. The second-order valence-electron chi connectivity index (χ2n) is 2.37. The monoisotopic (exact) mass is 114 g/mol. The van der Waals surface area contributed by atoms with Crippen LogP contribution < -0.4 is 10.9 Å². The number of likely N-dealkylation sites (N-methyl/N-ethyl adjacent to an activating group) is 2. The summed E-state index contributed by atoms with van der Waals surface area (Å²) in [6.45, 7) is 0. The van der Waals surface area contributed by atoms with Crippen molar-refractivity contribution >= 4 is 0 Å². The van der Waals surface area contributed by atoms with Crippen molar-refractivity contribution in [1.82, 2.24) is 20.9 Å². The van der Waals surface area contributed by atoms with Gasteiger partial charge in [0.15, 0.2) is 0 Å². The van der Waals surface area contributed by atoms with Gasteiger partial charge in [-0.05, 0) is 0 Å². The Hall–Kier alpha value is -0.160. The Kier molecular flexibility index (Phi) is 0.715. The molecule has 4 unspecified atom stereocenters. The minimum absolute atomic E-state index is 0.556. The van der Waals surface area contributed by atoms with Gasteiger partial charge in [0.05, 0.1) is 0 Å². The van der Waals surface area contributed by atoms with Crippen LogP contribution >= 0.6 is 0 Å². The fourth-order valence-corrected chi connectivity index (χ4v) is 0.915. The first kappa shape index (κ1) is 4.69. The van der Waals surface area contributed by atoms with Gasteiger partial charge in [0.2, 0.25) is 0 Å². The summed E-state index contributed by atoms with van der Waals surface area (Å²) in [5, 5.41) is 4.17. The Bertz CT molecular complexity index is 101. The first-order chi connectivity index (χ1) is 3.79. The van der Waals surface area contributed by atoms with Gasteiger partial charge in [-0.2, -0.15) is 0 Å². The molecular formula is C4H10N4. The maximum Gasteiger partial charge on any atom is 0.117 e. The summed E-state index contributed by atoms with van der Waals surface area (Å²) in [6, 6.07) is 0. The quantitative estimate of drug-likeness (QED) is 0.409. The molecule has 0 aromatic rings. The first-order valence-corrected chi connectivity index (χ1v) is 2.77. The van der Waals surface area contributed by atoms with Crippen LogP contribution in [0.15, 0.2) is 0 Å². The standard InChI is InChI=1S/C4H10N4/c1-7-3(5-7)4-6-8(4)2/h3-6H,1-2H3. The SMILES string of the molecule is CN1NC1C1NN1C. The van der Waals surface area contributed by atoms with Gasteiger partial charge in [0.1, 0.15) is 12.3 Å². The molecule has 8 heavy (non-hydrogen) atoms. The van der Waals surface area contributed by atoms with E-state index in [9.17, 15) is 0 Å². The third kappa shape index (κ3) is 0.545. The van der Waals surface area contributed by atoms with Crippen molar-refractivity contribution < 1.29 is 0 Å². The Labute approximate surface area is 48.4 Å². The van der Waals surface area contributed by atoms with Crippen LogP contribution in [0.3, 0.4) is 0 Å². The Balaban J connectivity index is 1.86. The summed E-state index contributed by atoms with van der Waals surface area (Å²) in [5.41, 5.74) is 6.31. The topological polar surface area (TPSA) is 49.9 Å². The van der Waals surface area contributed by atoms with Crippen LogP contribution in [0.25, 0.3) is 0 Å². The summed E-state index contributed by atoms with van der Waals surface area (Å²) >= 11 is 0. The molecule has 4 heteroatoms. The molecule has 2 N–H and O–H groups in total. The molecule has 2 aliphatic heterocycles. The van der Waals surface area contributed by atoms with E-state index in [1.807, 2.05) is 14.1 Å². The first-order valence-electron chi connectivity index (χ1n) is 2.77. The molecule has 4 atom stereocenters. The summed E-state index contributed by atoms with van der Waals surface area (Å²) in [7, 11) is 4.08. The van der Waals surface area contributed by atoms with Crippen molar-refractivity contribution in [3.8, 4) is 0 Å². The molecule has 0 saturated carbocycles. The summed E-state index contributed by atoms with van der Waals surface area (Å²) in [5.74, 6) is 0. The van der Waals surface area contributed by atoms with Crippen LogP contribution in [-0.4, -0.2) is 36.4 Å². The summed E-state index contributed by atoms with van der Waals surface area (Å²) in [4.78, 5) is 0. The second-order valence-corrected chi connectivity index (χ2v) is 2.37. The highest BCUT2D eigenvalue weighted by Gasteiger charge is 2.47. The number of nitrogens with one attached hydrogen (secondary N) is 2. The van der Waals surface area contributed by atoms with Crippen molar-refractivity contribution in [3.05, 3.63) is 0 Å². The van der Waals surface area contributed by atoms with E-state index in [2.05, 4.69) is 20.9 Å². The third-order valence-electron chi connectivity index (χ3n) is 1.67. The maximum atomic E-state index is 3.15. The zero-order valence-corrected chi connectivity index (χ0v) is 5.05. The normalized spacial score (nSPS) is 60.8. The van der Waals surface area contributed by atoms with Gasteiger partial charge in [-0.3, -0.25) is 0 Å². The third-order valence-corrected chi connectivity index (χ3v) is 1.67. The average Bonchev–Trinajstić information content (AvgIpc) is 2.47. The van der Waals surface area contributed by atoms with Gasteiger partial charge in [-0.15, -0.1) is 0 Å². The van der Waals surface area contributed by atoms with Crippen molar-refractivity contribution in [2.45, 2.75) is 12.3 Å². The van der Waals surface area contributed by atoms with Crippen molar-refractivity contribution in [2.24, 2.45) is 0 Å². The van der Waals surface area contributed by atoms with Gasteiger partial charge in [0.25, 0.3) is 0 Å². The summed E-state index contributed by atoms with van der Waals surface area (Å²) in [6.07, 6.45) is 1.11. The predicted octanol–water partition coefficient (Wildman–Crippen LogP) is -1.46. The molecule has 2 fully saturated rings. The fourth-order valence-electron chi connectivity index (χ4n) is 0.915. The number of hydrogen-bond donors (Lipinski definition) is 2. The molecule has 0 spiro atoms. The Morgan fingerprint density at radius 3 is 1.38 bits per heavy atom. The van der Waals surface area contributed by atoms with Crippen LogP contribution in [0.1, 0.15) is 0 Å². The van der Waals surface area contributed by atoms with E-state index in [-0.39, 0.29) is 0 Å². The van der Waals surface area contributed by atoms with E-state index in [1.165, 1.54) is 0 Å². The summed E-state index contributed by atoms with van der Waals surface area (Å²) < 4.78 is 0. The number of hydrogen-bond acceptors (Lipinski definition) is 4. The van der Waals surface area contributed by atoms with E-state index >= 15 is 0 Å². The van der Waals surface area contributed by atoms with Crippen LogP contribution in [0, 0.1) is 0 Å². The van der Waals surface area contributed by atoms with E-state index in [4.69, 9.17) is 0 Å². The highest BCUT2D eigenvalue weighted by atomic mass is 15.9. The van der Waals surface area contributed by atoms with Crippen molar-refractivity contribution in [2.75, 3.05) is 14.1 Å². The number of hydrazine groups is 2. The average molecular weight is 114 g/mol. The molecule has 2 saturated heterocycles. The van der Waals surface area contributed by atoms with E-state index in [1.54, 1.807) is 0 Å². The van der Waals surface area contributed by atoms with E-state index in [0.717, 1.165) is 0 Å². The zero-order valence-electron chi connectivity index (χ0n) is 5.05. The van der Waals surface area contributed by atoms with Crippen molar-refractivity contribution in [1.29, 1.82) is 0 Å². The highest BCUT2D eigenvalue weighted by molar-refractivity contribution is 4.92. The fraction of sp³-hybridized carbons (Fsp3) is 1.00. The maximum absolute atomic E-state index is 3.15. The lowest BCUT2D eigenvalue weighted by atomic mass is 10.5. The van der Waals surface area contributed by atoms with Gasteiger partial charge in [-0.1, -0.05) is 0 Å². The Morgan fingerprint density at radius 1 is 1.00 bits per heavy atom. The number of rotatable bonds is 1. The molecule has 0 bridgehead atoms. The molecule has 4 nitrogen and oxygen atoms in total. The van der Waals surface area contributed by atoms with Crippen LogP contribution in [0.5, 0.6) is 0 Å². The van der Waals surface area contributed by atoms with E-state index in [0.29, 0.717) is 12.3 Å². The molecule has 46 valence electrons. The lowest BCUT2D eigenvalue weighted by Gasteiger charge is -1.83. The van der Waals surface area contributed by atoms with Gasteiger partial charge < -0.3 is 0 Å². The van der Waals surface area contributed by atoms with E-state index < -0.39 is 0 Å². The van der Waals surface area contributed by atoms with Crippen LogP contribution in [0.4, 0.5) is 0 Å². The lowest BCUT2D eigenvalue weighted by Crippen LogP contribution is -2.08. The minimum Gasteiger partial charge on any atom is -0.232 e. The van der Waals surface area contributed by atoms with Crippen molar-refractivity contribution in [3.63, 3.8) is 0 Å². The zero-order chi connectivity index (χ0) is 5.72. The second kappa shape index (κ2) is 1.22. The largest absolute Gasteiger partial charge is 0.232 e. The molecule has 0 amide bonds. The van der Waals surface area contributed by atoms with Gasteiger partial charge in [-0.25, -0.2) is 20.9 Å². The smallest absolute Gasteiger partial charge is 0.117 e. The molecule has 0 aromatic carbocycles. The molecule has 0 radical (unpaired) electrons. The highest BCUT2D eigenvalue weighted by Crippen LogP contribution is 2.19. The predicted molar refractivity (Wildman–Crippen MR) is 29.4 cm³/mol. The molecule has 2 heterocycles. The molecular weight excluding hydrogens is 104 g/mol. The molecule has 2 aliphatic rings. The van der Waals surface area contributed by atoms with Crippen LogP contribution in [-0.2, 0) is 0 Å². The number of nitrogens with zero attached hydrogens (tertiary/aromatic N) is 2. The lowest BCUT2D eigenvalue weighted by molar-refractivity contribution is 0.526. The molecule has 2 rings (SSSR count). The van der Waals surface area contributed by atoms with Gasteiger partial charge >= 0.3 is 0 Å².